The molecule has 1 amide bonds. The summed E-state index contributed by atoms with van der Waals surface area (Å²) in [5, 5.41) is 0.218. The minimum absolute atomic E-state index is 0.0151. The molecule has 25 heavy (non-hydrogen) atoms. The van der Waals surface area contributed by atoms with Gasteiger partial charge in [-0.05, 0) is 26.8 Å². The highest BCUT2D eigenvalue weighted by Crippen LogP contribution is 2.24. The van der Waals surface area contributed by atoms with Gasteiger partial charge in [0.25, 0.3) is 5.91 Å². The van der Waals surface area contributed by atoms with Crippen molar-refractivity contribution in [1.29, 1.82) is 0 Å². The van der Waals surface area contributed by atoms with Gasteiger partial charge < -0.3 is 14.6 Å². The van der Waals surface area contributed by atoms with Gasteiger partial charge in [0.15, 0.2) is 5.69 Å². The topological polar surface area (TPSA) is 88.2 Å². The van der Waals surface area contributed by atoms with Crippen LogP contribution in [0.3, 0.4) is 0 Å². The SMILES string of the molecule is CN(Cc1[nH]cnc1C(=O)OC(C)(C)C)C(=O)c1c(Cl)ccnc1Cl. The summed E-state index contributed by atoms with van der Waals surface area (Å²) in [6.07, 6.45) is 2.79. The Hall–Kier alpha value is -2.12. The van der Waals surface area contributed by atoms with Crippen LogP contribution in [0.25, 0.3) is 0 Å². The lowest BCUT2D eigenvalue weighted by Crippen LogP contribution is -2.29. The summed E-state index contributed by atoms with van der Waals surface area (Å²) in [6.45, 7) is 5.38. The van der Waals surface area contributed by atoms with Gasteiger partial charge >= 0.3 is 5.97 Å². The lowest BCUT2D eigenvalue weighted by Gasteiger charge is -2.20. The van der Waals surface area contributed by atoms with Crippen molar-refractivity contribution in [3.05, 3.63) is 45.7 Å². The van der Waals surface area contributed by atoms with Crippen LogP contribution in [-0.4, -0.2) is 44.4 Å². The number of aromatic nitrogens is 3. The Labute approximate surface area is 155 Å². The van der Waals surface area contributed by atoms with Crippen molar-refractivity contribution < 1.29 is 14.3 Å². The van der Waals surface area contributed by atoms with E-state index in [1.54, 1.807) is 27.8 Å². The van der Waals surface area contributed by atoms with Crippen molar-refractivity contribution in [3.63, 3.8) is 0 Å². The molecule has 0 saturated carbocycles. The van der Waals surface area contributed by atoms with E-state index in [2.05, 4.69) is 15.0 Å². The molecular formula is C16H18Cl2N4O3. The molecule has 7 nitrogen and oxygen atoms in total. The Morgan fingerprint density at radius 1 is 1.28 bits per heavy atom. The number of nitrogens with zero attached hydrogens (tertiary/aromatic N) is 3. The van der Waals surface area contributed by atoms with E-state index in [4.69, 9.17) is 27.9 Å². The summed E-state index contributed by atoms with van der Waals surface area (Å²) in [6, 6.07) is 1.48. The van der Waals surface area contributed by atoms with Gasteiger partial charge in [-0.1, -0.05) is 23.2 Å². The van der Waals surface area contributed by atoms with Crippen LogP contribution in [0.4, 0.5) is 0 Å². The number of carbonyl (C=O) groups excluding carboxylic acids is 2. The van der Waals surface area contributed by atoms with Crippen molar-refractivity contribution in [1.82, 2.24) is 19.9 Å². The number of rotatable bonds is 4. The summed E-state index contributed by atoms with van der Waals surface area (Å²) in [5.74, 6) is -0.991. The fourth-order valence-electron chi connectivity index (χ4n) is 2.05. The molecule has 134 valence electrons. The van der Waals surface area contributed by atoms with Crippen LogP contribution in [-0.2, 0) is 11.3 Å². The summed E-state index contributed by atoms with van der Waals surface area (Å²) in [4.78, 5) is 36.9. The average Bonchev–Trinajstić information content (AvgIpc) is 2.93. The van der Waals surface area contributed by atoms with Crippen molar-refractivity contribution in [2.24, 2.45) is 0 Å². The molecule has 2 heterocycles. The minimum Gasteiger partial charge on any atom is -0.455 e. The molecule has 2 aromatic heterocycles. The molecule has 2 aromatic rings. The number of pyridine rings is 1. The maximum atomic E-state index is 12.6. The molecule has 0 atom stereocenters. The fraction of sp³-hybridized carbons (Fsp3) is 0.375. The Balaban J connectivity index is 2.19. The van der Waals surface area contributed by atoms with Gasteiger partial charge in [0.1, 0.15) is 10.8 Å². The van der Waals surface area contributed by atoms with Crippen molar-refractivity contribution in [3.8, 4) is 0 Å². The first-order chi connectivity index (χ1) is 11.6. The smallest absolute Gasteiger partial charge is 0.359 e. The lowest BCUT2D eigenvalue weighted by molar-refractivity contribution is 0.00609. The largest absolute Gasteiger partial charge is 0.455 e. The van der Waals surface area contributed by atoms with Crippen molar-refractivity contribution in [2.45, 2.75) is 32.9 Å². The predicted molar refractivity (Wildman–Crippen MR) is 93.8 cm³/mol. The average molecular weight is 385 g/mol. The maximum absolute atomic E-state index is 12.6. The van der Waals surface area contributed by atoms with E-state index in [9.17, 15) is 9.59 Å². The number of halogens is 2. The monoisotopic (exact) mass is 384 g/mol. The number of H-pyrrole nitrogens is 1. The standard InChI is InChI=1S/C16H18Cl2N4O3/c1-16(2,3)25-15(24)12-10(20-8-21-12)7-22(4)14(23)11-9(17)5-6-19-13(11)18/h5-6,8H,7H2,1-4H3,(H,20,21). The van der Waals surface area contributed by atoms with E-state index in [0.29, 0.717) is 5.69 Å². The first-order valence-corrected chi connectivity index (χ1v) is 8.17. The Morgan fingerprint density at radius 3 is 2.56 bits per heavy atom. The van der Waals surface area contributed by atoms with Crippen LogP contribution in [0, 0.1) is 0 Å². The third-order valence-electron chi connectivity index (χ3n) is 3.12. The molecule has 0 bridgehead atoms. The van der Waals surface area contributed by atoms with E-state index in [1.807, 2.05) is 0 Å². The highest BCUT2D eigenvalue weighted by molar-refractivity contribution is 6.38. The van der Waals surface area contributed by atoms with E-state index < -0.39 is 17.5 Å². The second-order valence-corrected chi connectivity index (χ2v) is 7.12. The Kier molecular flexibility index (Phi) is 5.69. The minimum atomic E-state index is -0.647. The molecule has 2 rings (SSSR count). The number of nitrogens with one attached hydrogen (secondary N) is 1. The molecule has 0 saturated heterocycles. The van der Waals surface area contributed by atoms with E-state index >= 15 is 0 Å². The zero-order valence-corrected chi connectivity index (χ0v) is 15.8. The van der Waals surface area contributed by atoms with Gasteiger partial charge in [-0.25, -0.2) is 14.8 Å². The van der Waals surface area contributed by atoms with E-state index in [-0.39, 0.29) is 28.0 Å². The van der Waals surface area contributed by atoms with E-state index in [1.165, 1.54) is 23.5 Å². The number of aromatic amines is 1. The van der Waals surface area contributed by atoms with Crippen molar-refractivity contribution >= 4 is 35.1 Å². The first kappa shape index (κ1) is 19.2. The molecule has 0 radical (unpaired) electrons. The molecular weight excluding hydrogens is 367 g/mol. The van der Waals surface area contributed by atoms with E-state index in [0.717, 1.165) is 0 Å². The molecule has 0 unspecified atom stereocenters. The third-order valence-corrected chi connectivity index (χ3v) is 3.72. The van der Waals surface area contributed by atoms with Gasteiger partial charge in [-0.2, -0.15) is 0 Å². The number of amides is 1. The fourth-order valence-corrected chi connectivity index (χ4v) is 2.56. The summed E-state index contributed by atoms with van der Waals surface area (Å²) in [7, 11) is 1.56. The second kappa shape index (κ2) is 7.41. The zero-order valence-electron chi connectivity index (χ0n) is 14.3. The van der Waals surface area contributed by atoms with Gasteiger partial charge in [0.2, 0.25) is 0 Å². The van der Waals surface area contributed by atoms with Gasteiger partial charge in [-0.15, -0.1) is 0 Å². The van der Waals surface area contributed by atoms with Crippen LogP contribution in [0.15, 0.2) is 18.6 Å². The molecule has 0 spiro atoms. The van der Waals surface area contributed by atoms with Crippen LogP contribution in [0.1, 0.15) is 47.3 Å². The normalized spacial score (nSPS) is 11.3. The number of ether oxygens (including phenoxy) is 1. The van der Waals surface area contributed by atoms with Crippen LogP contribution in [0.2, 0.25) is 10.2 Å². The number of esters is 1. The highest BCUT2D eigenvalue weighted by atomic mass is 35.5. The molecule has 0 aliphatic heterocycles. The predicted octanol–water partition coefficient (Wildman–Crippen LogP) is 3.34. The number of hydrogen-bond acceptors (Lipinski definition) is 5. The van der Waals surface area contributed by atoms with Gasteiger partial charge in [0.05, 0.1) is 29.2 Å². The van der Waals surface area contributed by atoms with Gasteiger partial charge in [-0.3, -0.25) is 4.79 Å². The number of hydrogen-bond donors (Lipinski definition) is 1. The Bertz CT molecular complexity index is 779. The molecule has 0 fully saturated rings. The van der Waals surface area contributed by atoms with Crippen LogP contribution < -0.4 is 0 Å². The maximum Gasteiger partial charge on any atom is 0.359 e. The summed E-state index contributed by atoms with van der Waals surface area (Å²) < 4.78 is 5.31. The molecule has 9 heteroatoms. The third kappa shape index (κ3) is 4.70. The van der Waals surface area contributed by atoms with Crippen molar-refractivity contribution in [2.75, 3.05) is 7.05 Å². The number of carbonyl (C=O) groups is 2. The van der Waals surface area contributed by atoms with Crippen LogP contribution in [0.5, 0.6) is 0 Å². The number of imidazole rings is 1. The Morgan fingerprint density at radius 2 is 1.96 bits per heavy atom. The molecule has 0 aliphatic rings. The zero-order chi connectivity index (χ0) is 18.8. The summed E-state index contributed by atoms with van der Waals surface area (Å²) >= 11 is 12.0. The lowest BCUT2D eigenvalue weighted by atomic mass is 10.2. The first-order valence-electron chi connectivity index (χ1n) is 7.41. The van der Waals surface area contributed by atoms with Gasteiger partial charge in [0, 0.05) is 13.2 Å². The van der Waals surface area contributed by atoms with Crippen LogP contribution >= 0.6 is 23.2 Å². The quantitative estimate of drug-likeness (QED) is 0.644. The summed E-state index contributed by atoms with van der Waals surface area (Å²) in [5.41, 5.74) is 0.0250. The molecule has 1 N–H and O–H groups in total. The highest BCUT2D eigenvalue weighted by Gasteiger charge is 2.25. The molecule has 0 aliphatic carbocycles. The second-order valence-electron chi connectivity index (χ2n) is 6.35. The molecule has 0 aromatic carbocycles.